The second-order valence-corrected chi connectivity index (χ2v) is 7.75. The summed E-state index contributed by atoms with van der Waals surface area (Å²) in [7, 11) is 0. The average Bonchev–Trinajstić information content (AvgIpc) is 2.53. The van der Waals surface area contributed by atoms with Gasteiger partial charge in [0.25, 0.3) is 0 Å². The summed E-state index contributed by atoms with van der Waals surface area (Å²) in [6.07, 6.45) is 4.61. The molecule has 2 rings (SSSR count). The number of hydrogen-bond acceptors (Lipinski definition) is 5. The summed E-state index contributed by atoms with van der Waals surface area (Å²) in [5.74, 6) is 0.376. The van der Waals surface area contributed by atoms with Crippen molar-refractivity contribution in [3.05, 3.63) is 0 Å². The molecule has 0 aromatic heterocycles. The number of piperidine rings is 1. The molecule has 1 saturated carbocycles. The predicted molar refractivity (Wildman–Crippen MR) is 95.8 cm³/mol. The maximum absolute atomic E-state index is 11.9. The van der Waals surface area contributed by atoms with Crippen molar-refractivity contribution in [2.24, 2.45) is 11.8 Å². The number of carbonyl (C=O) groups excluding carboxylic acids is 4. The first-order chi connectivity index (χ1) is 12.0. The molecule has 0 aromatic rings. The molecule has 25 heavy (non-hydrogen) atoms. The van der Waals surface area contributed by atoms with Gasteiger partial charge >= 0.3 is 0 Å². The number of carbonyl (C=O) groups is 4. The molecular weight excluding hydrogens is 342 g/mol. The first-order valence-electron chi connectivity index (χ1n) is 8.92. The molecule has 2 N–H and O–H groups in total. The quantitative estimate of drug-likeness (QED) is 0.578. The number of amides is 4. The summed E-state index contributed by atoms with van der Waals surface area (Å²) >= 11 is 1.26. The second-order valence-electron chi connectivity index (χ2n) is 6.77. The van der Waals surface area contributed by atoms with Crippen molar-refractivity contribution in [2.45, 2.75) is 39.0 Å². The van der Waals surface area contributed by atoms with Gasteiger partial charge in [-0.3, -0.25) is 24.1 Å². The second kappa shape index (κ2) is 9.79. The molecule has 1 atom stereocenters. The summed E-state index contributed by atoms with van der Waals surface area (Å²) in [5, 5.41) is 5.58. The third kappa shape index (κ3) is 6.34. The van der Waals surface area contributed by atoms with E-state index in [1.54, 1.807) is 0 Å². The Morgan fingerprint density at radius 2 is 1.80 bits per heavy atom. The van der Waals surface area contributed by atoms with Crippen LogP contribution in [0.3, 0.4) is 0 Å². The first kappa shape index (κ1) is 19.8. The standard InChI is InChI=1S/C17H27N3O4S/c1-12-5-6-16(23)20(17(12)24)8-7-18-14(21)10-25-11-15(22)19-9-13-3-2-4-13/h12-13H,2-11H2,1H3,(H,18,21)(H,19,22)/t12-/m1/s1. The minimum absolute atomic E-state index is 0.0387. The zero-order valence-corrected chi connectivity index (χ0v) is 15.5. The predicted octanol–water partition coefficient (Wildman–Crippen LogP) is 0.537. The molecule has 0 spiro atoms. The summed E-state index contributed by atoms with van der Waals surface area (Å²) < 4.78 is 0. The van der Waals surface area contributed by atoms with E-state index in [9.17, 15) is 19.2 Å². The topological polar surface area (TPSA) is 95.6 Å². The lowest BCUT2D eigenvalue weighted by Gasteiger charge is -2.28. The van der Waals surface area contributed by atoms with Crippen molar-refractivity contribution < 1.29 is 19.2 Å². The third-order valence-electron chi connectivity index (χ3n) is 4.72. The summed E-state index contributed by atoms with van der Waals surface area (Å²) in [6, 6.07) is 0. The molecule has 2 fully saturated rings. The molecule has 7 nitrogen and oxygen atoms in total. The molecule has 0 aromatic carbocycles. The number of likely N-dealkylation sites (tertiary alicyclic amines) is 1. The van der Waals surface area contributed by atoms with E-state index in [1.807, 2.05) is 6.92 Å². The lowest BCUT2D eigenvalue weighted by molar-refractivity contribution is -0.151. The normalized spacial score (nSPS) is 21.0. The summed E-state index contributed by atoms with van der Waals surface area (Å²) in [4.78, 5) is 48.3. The van der Waals surface area contributed by atoms with Crippen molar-refractivity contribution in [3.8, 4) is 0 Å². The van der Waals surface area contributed by atoms with Gasteiger partial charge in [-0.1, -0.05) is 13.3 Å². The molecule has 4 amide bonds. The van der Waals surface area contributed by atoms with E-state index < -0.39 is 0 Å². The number of thioether (sulfide) groups is 1. The Labute approximate surface area is 152 Å². The first-order valence-corrected chi connectivity index (χ1v) is 10.1. The maximum Gasteiger partial charge on any atom is 0.232 e. The SMILES string of the molecule is C[C@@H]1CCC(=O)N(CCNC(=O)CSCC(=O)NCC2CCC2)C1=O. The number of nitrogens with zero attached hydrogens (tertiary/aromatic N) is 1. The third-order valence-corrected chi connectivity index (χ3v) is 5.65. The van der Waals surface area contributed by atoms with Gasteiger partial charge in [0.05, 0.1) is 11.5 Å². The minimum Gasteiger partial charge on any atom is -0.355 e. The Kier molecular flexibility index (Phi) is 7.74. The Hall–Kier alpha value is -1.57. The van der Waals surface area contributed by atoms with Gasteiger partial charge in [-0.05, 0) is 25.2 Å². The van der Waals surface area contributed by atoms with Crippen molar-refractivity contribution in [2.75, 3.05) is 31.1 Å². The molecule has 140 valence electrons. The number of hydrogen-bond donors (Lipinski definition) is 2. The number of imide groups is 1. The smallest absolute Gasteiger partial charge is 0.232 e. The van der Waals surface area contributed by atoms with E-state index in [-0.39, 0.29) is 54.1 Å². The van der Waals surface area contributed by atoms with Crippen LogP contribution in [-0.2, 0) is 19.2 Å². The van der Waals surface area contributed by atoms with E-state index in [0.717, 1.165) is 6.54 Å². The lowest BCUT2D eigenvalue weighted by atomic mass is 9.85. The maximum atomic E-state index is 11.9. The van der Waals surface area contributed by atoms with Gasteiger partial charge in [0.2, 0.25) is 23.6 Å². The lowest BCUT2D eigenvalue weighted by Crippen LogP contribution is -2.47. The molecule has 8 heteroatoms. The fraction of sp³-hybridized carbons (Fsp3) is 0.765. The molecule has 0 radical (unpaired) electrons. The van der Waals surface area contributed by atoms with Crippen molar-refractivity contribution in [1.82, 2.24) is 15.5 Å². The van der Waals surface area contributed by atoms with Gasteiger partial charge in [-0.15, -0.1) is 11.8 Å². The van der Waals surface area contributed by atoms with Crippen LogP contribution in [0.2, 0.25) is 0 Å². The summed E-state index contributed by atoms with van der Waals surface area (Å²) in [5.41, 5.74) is 0. The fourth-order valence-corrected chi connectivity index (χ4v) is 3.50. The van der Waals surface area contributed by atoms with Crippen molar-refractivity contribution in [3.63, 3.8) is 0 Å². The highest BCUT2D eigenvalue weighted by molar-refractivity contribution is 8.00. The molecular formula is C17H27N3O4S. The van der Waals surface area contributed by atoms with E-state index in [2.05, 4.69) is 10.6 Å². The van der Waals surface area contributed by atoms with E-state index in [1.165, 1.54) is 35.9 Å². The van der Waals surface area contributed by atoms with E-state index >= 15 is 0 Å². The van der Waals surface area contributed by atoms with Crippen LogP contribution >= 0.6 is 11.8 Å². The summed E-state index contributed by atoms with van der Waals surface area (Å²) in [6.45, 7) is 3.01. The zero-order chi connectivity index (χ0) is 18.2. The van der Waals surface area contributed by atoms with Gasteiger partial charge in [0.1, 0.15) is 0 Å². The monoisotopic (exact) mass is 369 g/mol. The Morgan fingerprint density at radius 3 is 2.44 bits per heavy atom. The Bertz CT molecular complexity index is 522. The molecule has 1 aliphatic heterocycles. The van der Waals surface area contributed by atoms with Crippen LogP contribution in [0.1, 0.15) is 39.0 Å². The highest BCUT2D eigenvalue weighted by Crippen LogP contribution is 2.25. The van der Waals surface area contributed by atoms with Crippen LogP contribution in [0.25, 0.3) is 0 Å². The van der Waals surface area contributed by atoms with Crippen LogP contribution in [0.5, 0.6) is 0 Å². The van der Waals surface area contributed by atoms with Crippen molar-refractivity contribution >= 4 is 35.4 Å². The molecule has 1 heterocycles. The van der Waals surface area contributed by atoms with Crippen LogP contribution in [0, 0.1) is 11.8 Å². The highest BCUT2D eigenvalue weighted by Gasteiger charge is 2.30. The molecule has 0 unspecified atom stereocenters. The van der Waals surface area contributed by atoms with Crippen LogP contribution < -0.4 is 10.6 Å². The Morgan fingerprint density at radius 1 is 1.12 bits per heavy atom. The van der Waals surface area contributed by atoms with Crippen LogP contribution in [0.15, 0.2) is 0 Å². The molecule has 1 saturated heterocycles. The fourth-order valence-electron chi connectivity index (χ4n) is 2.82. The van der Waals surface area contributed by atoms with Crippen LogP contribution in [-0.4, -0.2) is 59.7 Å². The van der Waals surface area contributed by atoms with Crippen molar-refractivity contribution in [1.29, 1.82) is 0 Å². The van der Waals surface area contributed by atoms with E-state index in [0.29, 0.717) is 18.8 Å². The van der Waals surface area contributed by atoms with Gasteiger partial charge in [-0.25, -0.2) is 0 Å². The molecule has 0 bridgehead atoms. The van der Waals surface area contributed by atoms with Gasteiger partial charge in [-0.2, -0.15) is 0 Å². The minimum atomic E-state index is -0.193. The number of nitrogens with one attached hydrogen (secondary N) is 2. The Balaban J connectivity index is 1.53. The average molecular weight is 369 g/mol. The van der Waals surface area contributed by atoms with E-state index in [4.69, 9.17) is 0 Å². The van der Waals surface area contributed by atoms with Gasteiger partial charge < -0.3 is 10.6 Å². The van der Waals surface area contributed by atoms with Gasteiger partial charge in [0, 0.05) is 32.0 Å². The highest BCUT2D eigenvalue weighted by atomic mass is 32.2. The zero-order valence-electron chi connectivity index (χ0n) is 14.7. The van der Waals surface area contributed by atoms with Crippen LogP contribution in [0.4, 0.5) is 0 Å². The largest absolute Gasteiger partial charge is 0.355 e. The number of rotatable bonds is 9. The van der Waals surface area contributed by atoms with Gasteiger partial charge in [0.15, 0.2) is 0 Å². The molecule has 1 aliphatic carbocycles. The molecule has 2 aliphatic rings.